The Balaban J connectivity index is 1.50. The molecule has 3 heterocycles. The first-order valence-corrected chi connectivity index (χ1v) is 9.33. The van der Waals surface area contributed by atoms with Gasteiger partial charge in [0.15, 0.2) is 0 Å². The monoisotopic (exact) mass is 335 g/mol. The smallest absolute Gasteiger partial charge is 0.272 e. The summed E-state index contributed by atoms with van der Waals surface area (Å²) in [6, 6.07) is 17.0. The zero-order chi connectivity index (χ0) is 17.1. The van der Waals surface area contributed by atoms with Gasteiger partial charge in [-0.2, -0.15) is 0 Å². The second-order valence-electron chi connectivity index (χ2n) is 7.09. The molecule has 2 unspecified atom stereocenters. The third-order valence-electron chi connectivity index (χ3n) is 5.53. The molecule has 0 N–H and O–H groups in total. The second-order valence-corrected chi connectivity index (χ2v) is 7.09. The lowest BCUT2D eigenvalue weighted by Crippen LogP contribution is -2.48. The molecule has 25 heavy (non-hydrogen) atoms. The van der Waals surface area contributed by atoms with E-state index < -0.39 is 0 Å². The topological polar surface area (TPSA) is 36.4 Å². The number of pyridine rings is 1. The Morgan fingerprint density at radius 3 is 2.52 bits per heavy atom. The van der Waals surface area contributed by atoms with E-state index in [1.54, 1.807) is 6.20 Å². The van der Waals surface area contributed by atoms with Gasteiger partial charge in [0.2, 0.25) is 0 Å². The van der Waals surface area contributed by atoms with Crippen LogP contribution in [0.2, 0.25) is 0 Å². The Morgan fingerprint density at radius 1 is 0.960 bits per heavy atom. The summed E-state index contributed by atoms with van der Waals surface area (Å²) >= 11 is 0. The van der Waals surface area contributed by atoms with Gasteiger partial charge in [0, 0.05) is 31.4 Å². The van der Waals surface area contributed by atoms with Gasteiger partial charge in [-0.25, -0.2) is 0 Å². The highest BCUT2D eigenvalue weighted by Crippen LogP contribution is 2.31. The van der Waals surface area contributed by atoms with E-state index in [4.69, 9.17) is 0 Å². The van der Waals surface area contributed by atoms with Gasteiger partial charge < -0.3 is 4.90 Å². The Labute approximate surface area is 149 Å². The fraction of sp³-hybridized carbons (Fsp3) is 0.429. The SMILES string of the molecule is O=C(c1ccccn1)N1CCCC1C1CCCN1Cc1ccccc1. The minimum Gasteiger partial charge on any atom is -0.333 e. The summed E-state index contributed by atoms with van der Waals surface area (Å²) in [6.45, 7) is 2.96. The molecule has 2 saturated heterocycles. The summed E-state index contributed by atoms with van der Waals surface area (Å²) in [4.78, 5) is 21.8. The molecule has 0 bridgehead atoms. The Morgan fingerprint density at radius 2 is 1.72 bits per heavy atom. The largest absolute Gasteiger partial charge is 0.333 e. The number of rotatable bonds is 4. The first kappa shape index (κ1) is 16.3. The molecule has 4 rings (SSSR count). The zero-order valence-corrected chi connectivity index (χ0v) is 14.6. The molecule has 2 aromatic rings. The lowest BCUT2D eigenvalue weighted by molar-refractivity contribution is 0.0633. The number of nitrogens with zero attached hydrogens (tertiary/aromatic N) is 3. The van der Waals surface area contributed by atoms with Crippen LogP contribution in [0.15, 0.2) is 54.7 Å². The van der Waals surface area contributed by atoms with Gasteiger partial charge in [0.05, 0.1) is 0 Å². The predicted molar refractivity (Wildman–Crippen MR) is 98.2 cm³/mol. The summed E-state index contributed by atoms with van der Waals surface area (Å²) in [5, 5.41) is 0. The molecule has 1 amide bonds. The lowest BCUT2D eigenvalue weighted by Gasteiger charge is -2.35. The van der Waals surface area contributed by atoms with Gasteiger partial charge in [0.25, 0.3) is 5.91 Å². The summed E-state index contributed by atoms with van der Waals surface area (Å²) in [7, 11) is 0. The third kappa shape index (κ3) is 3.45. The number of hydrogen-bond acceptors (Lipinski definition) is 3. The van der Waals surface area contributed by atoms with Crippen LogP contribution in [0.3, 0.4) is 0 Å². The quantitative estimate of drug-likeness (QED) is 0.860. The van der Waals surface area contributed by atoms with E-state index in [1.807, 2.05) is 18.2 Å². The van der Waals surface area contributed by atoms with Crippen LogP contribution in [-0.2, 0) is 6.54 Å². The maximum absolute atomic E-state index is 12.9. The molecule has 1 aromatic carbocycles. The normalized spacial score (nSPS) is 23.9. The zero-order valence-electron chi connectivity index (χ0n) is 14.6. The van der Waals surface area contributed by atoms with Gasteiger partial charge in [-0.3, -0.25) is 14.7 Å². The van der Waals surface area contributed by atoms with Crippen molar-refractivity contribution in [3.63, 3.8) is 0 Å². The molecule has 2 fully saturated rings. The summed E-state index contributed by atoms with van der Waals surface area (Å²) in [5.41, 5.74) is 1.93. The maximum atomic E-state index is 12.9. The molecule has 0 spiro atoms. The van der Waals surface area contributed by atoms with Crippen molar-refractivity contribution in [3.05, 3.63) is 66.0 Å². The van der Waals surface area contributed by atoms with Crippen LogP contribution in [0.1, 0.15) is 41.7 Å². The molecule has 130 valence electrons. The highest BCUT2D eigenvalue weighted by molar-refractivity contribution is 5.92. The van der Waals surface area contributed by atoms with Gasteiger partial charge in [-0.1, -0.05) is 36.4 Å². The van der Waals surface area contributed by atoms with Crippen molar-refractivity contribution in [1.29, 1.82) is 0 Å². The number of carbonyl (C=O) groups is 1. The van der Waals surface area contributed by atoms with Crippen LogP contribution in [-0.4, -0.2) is 45.9 Å². The number of benzene rings is 1. The number of likely N-dealkylation sites (tertiary alicyclic amines) is 2. The molecular formula is C21H25N3O. The van der Waals surface area contributed by atoms with Gasteiger partial charge >= 0.3 is 0 Å². The average molecular weight is 335 g/mol. The first-order valence-electron chi connectivity index (χ1n) is 9.33. The standard InChI is InChI=1S/C21H25N3O/c25-21(18-10-4-5-13-22-18)24-15-7-12-20(24)19-11-6-14-23(19)16-17-8-2-1-3-9-17/h1-5,8-10,13,19-20H,6-7,11-12,14-16H2. The van der Waals surface area contributed by atoms with E-state index in [9.17, 15) is 4.79 Å². The molecule has 0 saturated carbocycles. The molecule has 4 nitrogen and oxygen atoms in total. The van der Waals surface area contributed by atoms with Crippen LogP contribution in [0.5, 0.6) is 0 Å². The van der Waals surface area contributed by atoms with Crippen molar-refractivity contribution in [1.82, 2.24) is 14.8 Å². The highest BCUT2D eigenvalue weighted by Gasteiger charge is 2.40. The molecule has 0 radical (unpaired) electrons. The maximum Gasteiger partial charge on any atom is 0.272 e. The van der Waals surface area contributed by atoms with Crippen LogP contribution >= 0.6 is 0 Å². The van der Waals surface area contributed by atoms with E-state index in [2.05, 4.69) is 45.1 Å². The molecule has 1 aromatic heterocycles. The third-order valence-corrected chi connectivity index (χ3v) is 5.53. The number of carbonyl (C=O) groups excluding carboxylic acids is 1. The van der Waals surface area contributed by atoms with E-state index in [0.717, 1.165) is 32.5 Å². The number of aromatic nitrogens is 1. The van der Waals surface area contributed by atoms with E-state index in [1.165, 1.54) is 18.4 Å². The molecular weight excluding hydrogens is 310 g/mol. The summed E-state index contributed by atoms with van der Waals surface area (Å²) in [5.74, 6) is 0.0923. The Bertz CT molecular complexity index is 704. The molecule has 2 aliphatic rings. The van der Waals surface area contributed by atoms with Crippen LogP contribution in [0.4, 0.5) is 0 Å². The summed E-state index contributed by atoms with van der Waals surface area (Å²) in [6.07, 6.45) is 6.31. The Hall–Kier alpha value is -2.20. The summed E-state index contributed by atoms with van der Waals surface area (Å²) < 4.78 is 0. The fourth-order valence-electron chi connectivity index (χ4n) is 4.38. The first-order chi connectivity index (χ1) is 12.3. The lowest BCUT2D eigenvalue weighted by atomic mass is 10.0. The van der Waals surface area contributed by atoms with Crippen LogP contribution < -0.4 is 0 Å². The van der Waals surface area contributed by atoms with Crippen LogP contribution in [0, 0.1) is 0 Å². The van der Waals surface area contributed by atoms with E-state index in [0.29, 0.717) is 17.8 Å². The molecule has 4 heteroatoms. The minimum atomic E-state index is 0.0923. The predicted octanol–water partition coefficient (Wildman–Crippen LogP) is 3.35. The van der Waals surface area contributed by atoms with Crippen molar-refractivity contribution in [2.75, 3.05) is 13.1 Å². The molecule has 2 aliphatic heterocycles. The highest BCUT2D eigenvalue weighted by atomic mass is 16.2. The minimum absolute atomic E-state index is 0.0923. The van der Waals surface area contributed by atoms with Crippen LogP contribution in [0.25, 0.3) is 0 Å². The number of amides is 1. The van der Waals surface area contributed by atoms with Crippen molar-refractivity contribution in [3.8, 4) is 0 Å². The fourth-order valence-corrected chi connectivity index (χ4v) is 4.38. The van der Waals surface area contributed by atoms with Crippen molar-refractivity contribution < 1.29 is 4.79 Å². The van der Waals surface area contributed by atoms with Crippen molar-refractivity contribution in [2.24, 2.45) is 0 Å². The molecule has 0 aliphatic carbocycles. The van der Waals surface area contributed by atoms with Gasteiger partial charge in [-0.15, -0.1) is 0 Å². The second kappa shape index (κ2) is 7.36. The van der Waals surface area contributed by atoms with E-state index >= 15 is 0 Å². The molecule has 2 atom stereocenters. The van der Waals surface area contributed by atoms with Crippen molar-refractivity contribution >= 4 is 5.91 Å². The van der Waals surface area contributed by atoms with Gasteiger partial charge in [-0.05, 0) is 49.9 Å². The Kier molecular flexibility index (Phi) is 4.79. The van der Waals surface area contributed by atoms with Gasteiger partial charge in [0.1, 0.15) is 5.69 Å². The van der Waals surface area contributed by atoms with E-state index in [-0.39, 0.29) is 5.91 Å². The average Bonchev–Trinajstić information content (AvgIpc) is 3.31. The number of hydrogen-bond donors (Lipinski definition) is 0. The van der Waals surface area contributed by atoms with Crippen molar-refractivity contribution in [2.45, 2.75) is 44.3 Å².